The molecule has 0 unspecified atom stereocenters. The highest BCUT2D eigenvalue weighted by molar-refractivity contribution is 5.96. The van der Waals surface area contributed by atoms with Gasteiger partial charge in [-0.2, -0.15) is 5.10 Å². The van der Waals surface area contributed by atoms with E-state index in [1.807, 2.05) is 44.2 Å². The van der Waals surface area contributed by atoms with E-state index in [1.54, 1.807) is 43.2 Å². The van der Waals surface area contributed by atoms with Crippen molar-refractivity contribution in [2.75, 3.05) is 37.9 Å². The molecule has 2 aromatic carbocycles. The van der Waals surface area contributed by atoms with Crippen LogP contribution in [0.1, 0.15) is 40.3 Å². The molecule has 0 spiro atoms. The van der Waals surface area contributed by atoms with Crippen molar-refractivity contribution in [1.82, 2.24) is 14.7 Å². The second-order valence-electron chi connectivity index (χ2n) is 10.3. The second-order valence-corrected chi connectivity index (χ2v) is 10.3. The molecule has 0 aliphatic rings. The summed E-state index contributed by atoms with van der Waals surface area (Å²) in [7, 11) is 3.18. The van der Waals surface area contributed by atoms with Gasteiger partial charge in [-0.05, 0) is 42.3 Å². The molecule has 0 saturated carbocycles. The Balaban J connectivity index is 1.81. The number of nitrogens with one attached hydrogen (secondary N) is 2. The molecule has 9 heteroatoms. The number of benzene rings is 2. The van der Waals surface area contributed by atoms with E-state index in [1.165, 1.54) is 4.90 Å². The molecule has 0 saturated heterocycles. The zero-order chi connectivity index (χ0) is 27.2. The first-order chi connectivity index (χ1) is 17.5. The molecule has 9 nitrogen and oxygen atoms in total. The summed E-state index contributed by atoms with van der Waals surface area (Å²) in [6.45, 7) is 10.5. The lowest BCUT2D eigenvalue weighted by Gasteiger charge is -2.24. The minimum Gasteiger partial charge on any atom is -0.497 e. The van der Waals surface area contributed by atoms with Gasteiger partial charge in [0.1, 0.15) is 23.9 Å². The lowest BCUT2D eigenvalue weighted by Crippen LogP contribution is -2.42. The molecule has 0 atom stereocenters. The molecule has 0 aliphatic heterocycles. The standard InChI is InChI=1S/C28H37N5O4/c1-19(2)17-32(27(35)29-20-9-8-10-23(15-20)37-7)18-26(34)30-25-16-24(28(3,4)5)31-33(25)21-11-13-22(36-6)14-12-21/h8-16,19H,17-18H2,1-7H3,(H,29,35)(H,30,34). The van der Waals surface area contributed by atoms with Gasteiger partial charge in [-0.25, -0.2) is 9.48 Å². The predicted octanol–water partition coefficient (Wildman–Crippen LogP) is 5.32. The van der Waals surface area contributed by atoms with Gasteiger partial charge in [0.15, 0.2) is 0 Å². The van der Waals surface area contributed by atoms with Crippen molar-refractivity contribution in [3.8, 4) is 17.2 Å². The second kappa shape index (κ2) is 11.8. The number of hydrogen-bond donors (Lipinski definition) is 2. The maximum atomic E-state index is 13.2. The largest absolute Gasteiger partial charge is 0.497 e. The summed E-state index contributed by atoms with van der Waals surface area (Å²) >= 11 is 0. The summed E-state index contributed by atoms with van der Waals surface area (Å²) in [4.78, 5) is 27.8. The van der Waals surface area contributed by atoms with Crippen LogP contribution in [0.2, 0.25) is 0 Å². The fraction of sp³-hybridized carbons (Fsp3) is 0.393. The third-order valence-corrected chi connectivity index (χ3v) is 5.59. The van der Waals surface area contributed by atoms with Crippen molar-refractivity contribution < 1.29 is 19.1 Å². The van der Waals surface area contributed by atoms with Crippen LogP contribution in [0.15, 0.2) is 54.6 Å². The van der Waals surface area contributed by atoms with E-state index in [-0.39, 0.29) is 29.8 Å². The van der Waals surface area contributed by atoms with E-state index in [0.29, 0.717) is 23.8 Å². The van der Waals surface area contributed by atoms with Gasteiger partial charge >= 0.3 is 6.03 Å². The summed E-state index contributed by atoms with van der Waals surface area (Å²) in [6, 6.07) is 16.0. The van der Waals surface area contributed by atoms with Gasteiger partial charge in [0.25, 0.3) is 0 Å². The highest BCUT2D eigenvalue weighted by Gasteiger charge is 2.23. The van der Waals surface area contributed by atoms with Crippen LogP contribution in [0, 0.1) is 5.92 Å². The van der Waals surface area contributed by atoms with Gasteiger partial charge in [-0.15, -0.1) is 0 Å². The van der Waals surface area contributed by atoms with Crippen molar-refractivity contribution in [3.63, 3.8) is 0 Å². The van der Waals surface area contributed by atoms with Crippen molar-refractivity contribution in [2.45, 2.75) is 40.0 Å². The van der Waals surface area contributed by atoms with Crippen LogP contribution in [0.5, 0.6) is 11.5 Å². The zero-order valence-electron chi connectivity index (χ0n) is 22.7. The first-order valence-corrected chi connectivity index (χ1v) is 12.2. The molecule has 1 heterocycles. The summed E-state index contributed by atoms with van der Waals surface area (Å²) in [5, 5.41) is 10.6. The number of urea groups is 1. The van der Waals surface area contributed by atoms with E-state index in [4.69, 9.17) is 14.6 Å². The van der Waals surface area contributed by atoms with Crippen molar-refractivity contribution in [2.24, 2.45) is 5.92 Å². The Morgan fingerprint density at radius 3 is 2.24 bits per heavy atom. The maximum absolute atomic E-state index is 13.2. The average Bonchev–Trinajstić information content (AvgIpc) is 3.27. The lowest BCUT2D eigenvalue weighted by molar-refractivity contribution is -0.116. The predicted molar refractivity (Wildman–Crippen MR) is 146 cm³/mol. The van der Waals surface area contributed by atoms with Crippen LogP contribution in [-0.2, 0) is 10.2 Å². The van der Waals surface area contributed by atoms with Crippen LogP contribution in [-0.4, -0.2) is 53.9 Å². The Morgan fingerprint density at radius 1 is 0.973 bits per heavy atom. The number of aromatic nitrogens is 2. The summed E-state index contributed by atoms with van der Waals surface area (Å²) in [6.07, 6.45) is 0. The highest BCUT2D eigenvalue weighted by Crippen LogP contribution is 2.27. The number of hydrogen-bond acceptors (Lipinski definition) is 5. The van der Waals surface area contributed by atoms with Crippen molar-refractivity contribution in [1.29, 1.82) is 0 Å². The Hall–Kier alpha value is -4.01. The smallest absolute Gasteiger partial charge is 0.322 e. The first-order valence-electron chi connectivity index (χ1n) is 12.2. The molecule has 0 aliphatic carbocycles. The molecule has 3 rings (SSSR count). The Kier molecular flexibility index (Phi) is 8.81. The summed E-state index contributed by atoms with van der Waals surface area (Å²) in [5.74, 6) is 1.73. The van der Waals surface area contributed by atoms with E-state index >= 15 is 0 Å². The van der Waals surface area contributed by atoms with Gasteiger partial charge in [0.2, 0.25) is 5.91 Å². The molecule has 37 heavy (non-hydrogen) atoms. The number of carbonyl (C=O) groups is 2. The monoisotopic (exact) mass is 507 g/mol. The van der Waals surface area contributed by atoms with Crippen LogP contribution in [0.4, 0.5) is 16.3 Å². The van der Waals surface area contributed by atoms with Crippen molar-refractivity contribution in [3.05, 3.63) is 60.3 Å². The number of anilines is 2. The minimum atomic E-state index is -0.365. The molecular formula is C28H37N5O4. The summed E-state index contributed by atoms with van der Waals surface area (Å²) < 4.78 is 12.2. The van der Waals surface area contributed by atoms with Crippen LogP contribution >= 0.6 is 0 Å². The number of nitrogens with zero attached hydrogens (tertiary/aromatic N) is 3. The average molecular weight is 508 g/mol. The number of amides is 3. The van der Waals surface area contributed by atoms with Gasteiger partial charge in [-0.1, -0.05) is 40.7 Å². The van der Waals surface area contributed by atoms with Gasteiger partial charge < -0.3 is 25.0 Å². The topological polar surface area (TPSA) is 97.7 Å². The molecule has 0 fully saturated rings. The van der Waals surface area contributed by atoms with Gasteiger partial charge in [0, 0.05) is 29.8 Å². The minimum absolute atomic E-state index is 0.118. The molecule has 198 valence electrons. The SMILES string of the molecule is COc1ccc(-n2nc(C(C)(C)C)cc2NC(=O)CN(CC(C)C)C(=O)Nc2cccc(OC)c2)cc1. The Bertz CT molecular complexity index is 1210. The highest BCUT2D eigenvalue weighted by atomic mass is 16.5. The number of methoxy groups -OCH3 is 2. The molecule has 1 aromatic heterocycles. The van der Waals surface area contributed by atoms with E-state index in [2.05, 4.69) is 31.4 Å². The lowest BCUT2D eigenvalue weighted by atomic mass is 9.92. The fourth-order valence-electron chi connectivity index (χ4n) is 3.68. The third-order valence-electron chi connectivity index (χ3n) is 5.59. The first kappa shape index (κ1) is 27.6. The maximum Gasteiger partial charge on any atom is 0.322 e. The van der Waals surface area contributed by atoms with Crippen LogP contribution < -0.4 is 20.1 Å². The normalized spacial score (nSPS) is 11.2. The van der Waals surface area contributed by atoms with Gasteiger partial charge in [0.05, 0.1) is 25.6 Å². The van der Waals surface area contributed by atoms with E-state index < -0.39 is 0 Å². The number of rotatable bonds is 9. The molecule has 0 radical (unpaired) electrons. The van der Waals surface area contributed by atoms with E-state index in [0.717, 1.165) is 17.1 Å². The molecule has 3 aromatic rings. The number of ether oxygens (including phenoxy) is 2. The number of carbonyl (C=O) groups excluding carboxylic acids is 2. The van der Waals surface area contributed by atoms with Crippen LogP contribution in [0.3, 0.4) is 0 Å². The van der Waals surface area contributed by atoms with E-state index in [9.17, 15) is 9.59 Å². The zero-order valence-corrected chi connectivity index (χ0v) is 22.7. The Morgan fingerprint density at radius 2 is 1.65 bits per heavy atom. The Labute approximate surface area is 218 Å². The van der Waals surface area contributed by atoms with Crippen LogP contribution in [0.25, 0.3) is 5.69 Å². The molecular weight excluding hydrogens is 470 g/mol. The molecule has 2 N–H and O–H groups in total. The quantitative estimate of drug-likeness (QED) is 0.409. The summed E-state index contributed by atoms with van der Waals surface area (Å²) in [5.41, 5.74) is 1.97. The molecule has 0 bridgehead atoms. The van der Waals surface area contributed by atoms with Gasteiger partial charge in [-0.3, -0.25) is 4.79 Å². The third kappa shape index (κ3) is 7.49. The fourth-order valence-corrected chi connectivity index (χ4v) is 3.68. The molecule has 3 amide bonds. The van der Waals surface area contributed by atoms with Crippen molar-refractivity contribution >= 4 is 23.4 Å².